The Bertz CT molecular complexity index is 452. The maximum absolute atomic E-state index is 11.0. The molecule has 1 aromatic rings. The van der Waals surface area contributed by atoms with Gasteiger partial charge in [0.25, 0.3) is 0 Å². The summed E-state index contributed by atoms with van der Waals surface area (Å²) in [6.07, 6.45) is 4.78. The van der Waals surface area contributed by atoms with Crippen LogP contribution in [0.5, 0.6) is 0 Å². The molecule has 0 aromatic heterocycles. The second-order valence-corrected chi connectivity index (χ2v) is 6.89. The minimum Gasteiger partial charge on any atom is -0.481 e. The van der Waals surface area contributed by atoms with Gasteiger partial charge in [-0.2, -0.15) is 0 Å². The van der Waals surface area contributed by atoms with Gasteiger partial charge in [0.2, 0.25) is 0 Å². The van der Waals surface area contributed by atoms with E-state index in [-0.39, 0.29) is 5.92 Å². The second-order valence-electron chi connectivity index (χ2n) is 5.98. The van der Waals surface area contributed by atoms with E-state index in [1.54, 1.807) is 0 Å². The largest absolute Gasteiger partial charge is 0.481 e. The number of aliphatic carboxylic acids is 1. The standard InChI is InChI=1S/C17H24BrNO2/c1-2-16(13-7-9-15(18)10-8-13)19-11-12-3-5-14(6-4-12)17(20)21/h7-10,12,14,16,19H,2-6,11H2,1H3,(H,20,21). The molecule has 0 spiro atoms. The molecule has 2 N–H and O–H groups in total. The Balaban J connectivity index is 1.81. The fourth-order valence-electron chi connectivity index (χ4n) is 3.12. The van der Waals surface area contributed by atoms with E-state index in [0.29, 0.717) is 12.0 Å². The van der Waals surface area contributed by atoms with Gasteiger partial charge in [-0.3, -0.25) is 4.79 Å². The monoisotopic (exact) mass is 353 g/mol. The Morgan fingerprint density at radius 2 is 1.90 bits per heavy atom. The van der Waals surface area contributed by atoms with Crippen molar-refractivity contribution in [3.8, 4) is 0 Å². The number of rotatable bonds is 6. The fraction of sp³-hybridized carbons (Fsp3) is 0.588. The van der Waals surface area contributed by atoms with Gasteiger partial charge in [-0.15, -0.1) is 0 Å². The van der Waals surface area contributed by atoms with Gasteiger partial charge < -0.3 is 10.4 Å². The molecular formula is C17H24BrNO2. The molecule has 21 heavy (non-hydrogen) atoms. The Kier molecular flexibility index (Phi) is 6.24. The first kappa shape index (κ1) is 16.5. The molecule has 4 heteroatoms. The first-order valence-electron chi connectivity index (χ1n) is 7.81. The number of carbonyl (C=O) groups is 1. The summed E-state index contributed by atoms with van der Waals surface area (Å²) in [6.45, 7) is 3.18. The van der Waals surface area contributed by atoms with Crippen molar-refractivity contribution in [3.63, 3.8) is 0 Å². The van der Waals surface area contributed by atoms with E-state index in [9.17, 15) is 4.79 Å². The predicted octanol–water partition coefficient (Wildman–Crippen LogP) is 4.38. The van der Waals surface area contributed by atoms with Gasteiger partial charge in [-0.1, -0.05) is 35.0 Å². The number of carboxylic acid groups (broad SMARTS) is 1. The molecule has 0 bridgehead atoms. The fourth-order valence-corrected chi connectivity index (χ4v) is 3.38. The highest BCUT2D eigenvalue weighted by molar-refractivity contribution is 9.10. The molecule has 1 aliphatic rings. The lowest BCUT2D eigenvalue weighted by Crippen LogP contribution is -2.31. The maximum Gasteiger partial charge on any atom is 0.306 e. The molecule has 0 radical (unpaired) electrons. The minimum absolute atomic E-state index is 0.116. The van der Waals surface area contributed by atoms with E-state index in [4.69, 9.17) is 5.11 Å². The molecule has 1 fully saturated rings. The lowest BCUT2D eigenvalue weighted by atomic mass is 9.82. The summed E-state index contributed by atoms with van der Waals surface area (Å²) in [5.41, 5.74) is 1.32. The Morgan fingerprint density at radius 1 is 1.29 bits per heavy atom. The van der Waals surface area contributed by atoms with Crippen molar-refractivity contribution in [2.75, 3.05) is 6.54 Å². The van der Waals surface area contributed by atoms with Crippen LogP contribution < -0.4 is 5.32 Å². The number of benzene rings is 1. The summed E-state index contributed by atoms with van der Waals surface area (Å²) >= 11 is 3.47. The van der Waals surface area contributed by atoms with Crippen molar-refractivity contribution in [2.45, 2.75) is 45.1 Å². The SMILES string of the molecule is CCC(NCC1CCC(C(=O)O)CC1)c1ccc(Br)cc1. The molecule has 3 nitrogen and oxygen atoms in total. The van der Waals surface area contributed by atoms with Gasteiger partial charge in [-0.05, 0) is 62.3 Å². The summed E-state index contributed by atoms with van der Waals surface area (Å²) in [6, 6.07) is 8.87. The van der Waals surface area contributed by atoms with Crippen molar-refractivity contribution in [3.05, 3.63) is 34.3 Å². The van der Waals surface area contributed by atoms with Crippen molar-refractivity contribution in [2.24, 2.45) is 11.8 Å². The molecular weight excluding hydrogens is 330 g/mol. The van der Waals surface area contributed by atoms with Crippen LogP contribution >= 0.6 is 15.9 Å². The number of nitrogens with one attached hydrogen (secondary N) is 1. The first-order chi connectivity index (χ1) is 10.1. The van der Waals surface area contributed by atoms with Crippen molar-refractivity contribution < 1.29 is 9.90 Å². The van der Waals surface area contributed by atoms with E-state index >= 15 is 0 Å². The molecule has 2 rings (SSSR count). The van der Waals surface area contributed by atoms with E-state index in [0.717, 1.165) is 43.1 Å². The van der Waals surface area contributed by atoms with Gasteiger partial charge in [-0.25, -0.2) is 0 Å². The predicted molar refractivity (Wildman–Crippen MR) is 88.3 cm³/mol. The zero-order valence-corrected chi connectivity index (χ0v) is 14.1. The average Bonchev–Trinajstić information content (AvgIpc) is 2.50. The lowest BCUT2D eigenvalue weighted by molar-refractivity contribution is -0.143. The van der Waals surface area contributed by atoms with Gasteiger partial charge in [0.15, 0.2) is 0 Å². The lowest BCUT2D eigenvalue weighted by Gasteiger charge is -2.28. The highest BCUT2D eigenvalue weighted by Gasteiger charge is 2.26. The van der Waals surface area contributed by atoms with Crippen molar-refractivity contribution >= 4 is 21.9 Å². The van der Waals surface area contributed by atoms with Gasteiger partial charge >= 0.3 is 5.97 Å². The maximum atomic E-state index is 11.0. The second kappa shape index (κ2) is 7.95. The molecule has 1 aromatic carbocycles. The third-order valence-corrected chi connectivity index (χ3v) is 5.06. The normalized spacial score (nSPS) is 23.7. The smallest absolute Gasteiger partial charge is 0.306 e. The Labute approximate surface area is 135 Å². The topological polar surface area (TPSA) is 49.3 Å². The average molecular weight is 354 g/mol. The highest BCUT2D eigenvalue weighted by Crippen LogP contribution is 2.29. The van der Waals surface area contributed by atoms with Crippen molar-refractivity contribution in [1.82, 2.24) is 5.32 Å². The molecule has 1 atom stereocenters. The molecule has 1 saturated carbocycles. The van der Waals surface area contributed by atoms with Crippen molar-refractivity contribution in [1.29, 1.82) is 0 Å². The molecule has 0 aliphatic heterocycles. The molecule has 116 valence electrons. The number of halogens is 1. The first-order valence-corrected chi connectivity index (χ1v) is 8.61. The summed E-state index contributed by atoms with van der Waals surface area (Å²) in [7, 11) is 0. The van der Waals surface area contributed by atoms with Crippen LogP contribution in [0.1, 0.15) is 50.6 Å². The Morgan fingerprint density at radius 3 is 2.43 bits per heavy atom. The van der Waals surface area contributed by atoms with E-state index < -0.39 is 5.97 Å². The number of hydrogen-bond donors (Lipinski definition) is 2. The highest BCUT2D eigenvalue weighted by atomic mass is 79.9. The summed E-state index contributed by atoms with van der Waals surface area (Å²) in [5, 5.41) is 12.7. The third-order valence-electron chi connectivity index (χ3n) is 4.53. The molecule has 0 amide bonds. The van der Waals surface area contributed by atoms with E-state index in [2.05, 4.69) is 52.4 Å². The van der Waals surface area contributed by atoms with Crippen LogP contribution in [0.2, 0.25) is 0 Å². The summed E-state index contributed by atoms with van der Waals surface area (Å²) in [5.74, 6) is -0.123. The summed E-state index contributed by atoms with van der Waals surface area (Å²) in [4.78, 5) is 11.0. The Hall–Kier alpha value is -0.870. The number of hydrogen-bond acceptors (Lipinski definition) is 2. The molecule has 0 saturated heterocycles. The van der Waals surface area contributed by atoms with Crippen LogP contribution in [-0.2, 0) is 4.79 Å². The zero-order valence-electron chi connectivity index (χ0n) is 12.5. The van der Waals surface area contributed by atoms with E-state index in [1.165, 1.54) is 5.56 Å². The molecule has 1 unspecified atom stereocenters. The molecule has 1 aliphatic carbocycles. The zero-order chi connectivity index (χ0) is 15.2. The van der Waals surface area contributed by atoms with Gasteiger partial charge in [0.1, 0.15) is 0 Å². The van der Waals surface area contributed by atoms with Crippen LogP contribution in [0.15, 0.2) is 28.7 Å². The van der Waals surface area contributed by atoms with Crippen LogP contribution in [0.25, 0.3) is 0 Å². The van der Waals surface area contributed by atoms with Crippen LogP contribution in [0, 0.1) is 11.8 Å². The van der Waals surface area contributed by atoms with Crippen LogP contribution in [0.4, 0.5) is 0 Å². The van der Waals surface area contributed by atoms with Crippen LogP contribution in [0.3, 0.4) is 0 Å². The quantitative estimate of drug-likeness (QED) is 0.797. The van der Waals surface area contributed by atoms with Crippen LogP contribution in [-0.4, -0.2) is 17.6 Å². The van der Waals surface area contributed by atoms with Gasteiger partial charge in [0, 0.05) is 10.5 Å². The summed E-state index contributed by atoms with van der Waals surface area (Å²) < 4.78 is 1.10. The van der Waals surface area contributed by atoms with Gasteiger partial charge in [0.05, 0.1) is 5.92 Å². The van der Waals surface area contributed by atoms with E-state index in [1.807, 2.05) is 0 Å². The molecule has 0 heterocycles. The number of carboxylic acids is 1. The minimum atomic E-state index is -0.622. The third kappa shape index (κ3) is 4.82.